The van der Waals surface area contributed by atoms with E-state index >= 15 is 0 Å². The average Bonchev–Trinajstić information content (AvgIpc) is 2.94. The number of anilines is 2. The fourth-order valence-corrected chi connectivity index (χ4v) is 4.85. The molecule has 224 valence electrons. The summed E-state index contributed by atoms with van der Waals surface area (Å²) in [7, 11) is 0. The molecule has 0 spiro atoms. The van der Waals surface area contributed by atoms with Gasteiger partial charge in [0.25, 0.3) is 11.4 Å². The van der Waals surface area contributed by atoms with E-state index < -0.39 is 4.92 Å². The van der Waals surface area contributed by atoms with E-state index in [1.54, 1.807) is 24.3 Å². The van der Waals surface area contributed by atoms with Crippen molar-refractivity contribution in [2.24, 2.45) is 22.0 Å². The Morgan fingerprint density at radius 3 is 1.74 bits per heavy atom. The van der Waals surface area contributed by atoms with Crippen LogP contribution in [0.3, 0.4) is 0 Å². The van der Waals surface area contributed by atoms with Gasteiger partial charge in [-0.1, -0.05) is 26.0 Å². The molecule has 2 aliphatic heterocycles. The van der Waals surface area contributed by atoms with E-state index in [2.05, 4.69) is 26.4 Å². The molecular formula is C28H36N8O6. The molecule has 0 radical (unpaired) electrons. The fraction of sp³-hybridized carbons (Fsp3) is 0.429. The highest BCUT2D eigenvalue weighted by molar-refractivity contribution is 6.07. The Hall–Kier alpha value is -4.88. The highest BCUT2D eigenvalue weighted by Crippen LogP contribution is 2.31. The zero-order valence-electron chi connectivity index (χ0n) is 24.3. The van der Waals surface area contributed by atoms with E-state index in [0.29, 0.717) is 66.4 Å². The van der Waals surface area contributed by atoms with Crippen LogP contribution in [0.2, 0.25) is 0 Å². The fourth-order valence-electron chi connectivity index (χ4n) is 4.85. The Labute approximate surface area is 243 Å². The second kappa shape index (κ2) is 14.1. The topological polar surface area (TPSA) is 184 Å². The molecule has 3 N–H and O–H groups in total. The Kier molecular flexibility index (Phi) is 10.7. The quantitative estimate of drug-likeness (QED) is 0.291. The smallest absolute Gasteiger partial charge is 0.293 e. The molecule has 0 saturated carbocycles. The standard InChI is InChI=1S/C15H20N4O3.C13H16N4O3/c1-4-18(5-2)12-7-6-11(9-13(12)19(21)22)15-10(3)8-14(20)16-17-15;1-3-14-10-5-4-9(7-11(10)17(19)20)13-8(2)6-12(18)15-16-13/h6-7,9-10H,4-5,8H2,1-3H3,(H,16,20);4-5,7-8,14H,3,6H2,1-2H3,(H,15,18)/t10-;8-/m11/s1. The summed E-state index contributed by atoms with van der Waals surface area (Å²) in [5, 5.41) is 33.5. The van der Waals surface area contributed by atoms with Crippen LogP contribution in [-0.2, 0) is 9.59 Å². The summed E-state index contributed by atoms with van der Waals surface area (Å²) >= 11 is 0. The van der Waals surface area contributed by atoms with Crippen LogP contribution in [0.15, 0.2) is 46.6 Å². The Bertz CT molecular complexity index is 1420. The van der Waals surface area contributed by atoms with Crippen LogP contribution < -0.4 is 21.1 Å². The lowest BCUT2D eigenvalue weighted by molar-refractivity contribution is -0.384. The van der Waals surface area contributed by atoms with Gasteiger partial charge in [0.2, 0.25) is 11.8 Å². The van der Waals surface area contributed by atoms with Gasteiger partial charge in [0.1, 0.15) is 11.4 Å². The molecule has 2 aromatic rings. The van der Waals surface area contributed by atoms with Crippen LogP contribution in [0.1, 0.15) is 58.6 Å². The number of hydrogen-bond donors (Lipinski definition) is 3. The first kappa shape index (κ1) is 31.6. The van der Waals surface area contributed by atoms with Crippen LogP contribution in [0.5, 0.6) is 0 Å². The first-order valence-corrected chi connectivity index (χ1v) is 13.8. The summed E-state index contributed by atoms with van der Waals surface area (Å²) in [6.07, 6.45) is 0.673. The third-order valence-electron chi connectivity index (χ3n) is 6.95. The molecule has 2 aliphatic rings. The largest absolute Gasteiger partial charge is 0.380 e. The lowest BCUT2D eigenvalue weighted by Crippen LogP contribution is -2.32. The monoisotopic (exact) mass is 580 g/mol. The van der Waals surface area contributed by atoms with Crippen LogP contribution in [-0.4, -0.2) is 52.7 Å². The molecule has 0 aromatic heterocycles. The van der Waals surface area contributed by atoms with Crippen molar-refractivity contribution in [3.63, 3.8) is 0 Å². The third kappa shape index (κ3) is 7.44. The van der Waals surface area contributed by atoms with E-state index in [1.165, 1.54) is 6.07 Å². The molecule has 0 aliphatic carbocycles. The normalized spacial score (nSPS) is 17.9. The van der Waals surface area contributed by atoms with Gasteiger partial charge in [0.05, 0.1) is 21.3 Å². The van der Waals surface area contributed by atoms with Crippen molar-refractivity contribution in [3.8, 4) is 0 Å². The molecule has 4 rings (SSSR count). The second-order valence-electron chi connectivity index (χ2n) is 9.93. The van der Waals surface area contributed by atoms with E-state index in [9.17, 15) is 29.8 Å². The van der Waals surface area contributed by atoms with Gasteiger partial charge in [-0.25, -0.2) is 10.9 Å². The number of nitrogens with one attached hydrogen (secondary N) is 3. The van der Waals surface area contributed by atoms with Gasteiger partial charge < -0.3 is 10.2 Å². The maximum atomic E-state index is 11.4. The summed E-state index contributed by atoms with van der Waals surface area (Å²) in [4.78, 5) is 46.2. The predicted molar refractivity (Wildman–Crippen MR) is 161 cm³/mol. The highest BCUT2D eigenvalue weighted by atomic mass is 16.6. The number of carbonyl (C=O) groups is 2. The molecule has 2 heterocycles. The number of benzene rings is 2. The number of nitro groups is 2. The summed E-state index contributed by atoms with van der Waals surface area (Å²) in [6, 6.07) is 10.1. The van der Waals surface area contributed by atoms with Gasteiger partial charge in [-0.15, -0.1) is 0 Å². The molecule has 14 heteroatoms. The maximum absolute atomic E-state index is 11.4. The van der Waals surface area contributed by atoms with Crippen LogP contribution >= 0.6 is 0 Å². The van der Waals surface area contributed by atoms with E-state index in [4.69, 9.17) is 0 Å². The summed E-state index contributed by atoms with van der Waals surface area (Å²) in [6.45, 7) is 11.6. The number of nitro benzene ring substituents is 2. The highest BCUT2D eigenvalue weighted by Gasteiger charge is 2.26. The summed E-state index contributed by atoms with van der Waals surface area (Å²) < 4.78 is 0. The Balaban J connectivity index is 0.000000231. The lowest BCUT2D eigenvalue weighted by Gasteiger charge is -2.22. The van der Waals surface area contributed by atoms with E-state index in [1.807, 2.05) is 45.6 Å². The predicted octanol–water partition coefficient (Wildman–Crippen LogP) is 4.19. The number of hydrazone groups is 2. The summed E-state index contributed by atoms with van der Waals surface area (Å²) in [5.41, 5.74) is 8.68. The molecule has 0 bridgehead atoms. The number of rotatable bonds is 9. The second-order valence-corrected chi connectivity index (χ2v) is 9.93. The van der Waals surface area contributed by atoms with Gasteiger partial charge in [-0.2, -0.15) is 10.2 Å². The van der Waals surface area contributed by atoms with E-state index in [0.717, 1.165) is 0 Å². The third-order valence-corrected chi connectivity index (χ3v) is 6.95. The van der Waals surface area contributed by atoms with Crippen molar-refractivity contribution in [1.29, 1.82) is 0 Å². The molecule has 42 heavy (non-hydrogen) atoms. The minimum atomic E-state index is -0.422. The molecule has 2 atom stereocenters. The first-order chi connectivity index (χ1) is 20.0. The average molecular weight is 581 g/mol. The maximum Gasteiger partial charge on any atom is 0.293 e. The van der Waals surface area contributed by atoms with Crippen molar-refractivity contribution in [1.82, 2.24) is 10.9 Å². The number of hydrogen-bond acceptors (Lipinski definition) is 10. The van der Waals surface area contributed by atoms with Crippen LogP contribution in [0, 0.1) is 32.1 Å². The minimum absolute atomic E-state index is 0.0103. The minimum Gasteiger partial charge on any atom is -0.380 e. The van der Waals surface area contributed by atoms with Crippen LogP contribution in [0.25, 0.3) is 0 Å². The van der Waals surface area contributed by atoms with Crippen LogP contribution in [0.4, 0.5) is 22.7 Å². The zero-order chi connectivity index (χ0) is 31.0. The van der Waals surface area contributed by atoms with Crippen molar-refractivity contribution >= 4 is 46.0 Å². The van der Waals surface area contributed by atoms with Gasteiger partial charge in [-0.3, -0.25) is 29.8 Å². The molecule has 2 amide bonds. The number of amides is 2. The molecule has 0 unspecified atom stereocenters. The SMILES string of the molecule is CCN(CC)c1ccc(C2=NNC(=O)C[C@H]2C)cc1[N+](=O)[O-].CCNc1ccc(C2=NNC(=O)C[C@H]2C)cc1[N+](=O)[O-]. The van der Waals surface area contributed by atoms with Gasteiger partial charge in [0, 0.05) is 67.6 Å². The van der Waals surface area contributed by atoms with Crippen molar-refractivity contribution < 1.29 is 19.4 Å². The zero-order valence-corrected chi connectivity index (χ0v) is 24.3. The number of nitrogens with zero attached hydrogens (tertiary/aromatic N) is 5. The summed E-state index contributed by atoms with van der Waals surface area (Å²) in [5.74, 6) is -0.397. The Morgan fingerprint density at radius 1 is 0.833 bits per heavy atom. The number of carbonyl (C=O) groups excluding carboxylic acids is 2. The lowest BCUT2D eigenvalue weighted by atomic mass is 9.93. The molecule has 0 saturated heterocycles. The molecular weight excluding hydrogens is 544 g/mol. The van der Waals surface area contributed by atoms with Gasteiger partial charge in [0.15, 0.2) is 0 Å². The van der Waals surface area contributed by atoms with E-state index in [-0.39, 0.29) is 39.9 Å². The Morgan fingerprint density at radius 2 is 1.31 bits per heavy atom. The first-order valence-electron chi connectivity index (χ1n) is 13.8. The van der Waals surface area contributed by atoms with Crippen molar-refractivity contribution in [3.05, 3.63) is 67.8 Å². The van der Waals surface area contributed by atoms with Crippen molar-refractivity contribution in [2.75, 3.05) is 29.9 Å². The molecule has 14 nitrogen and oxygen atoms in total. The molecule has 2 aromatic carbocycles. The van der Waals surface area contributed by atoms with Gasteiger partial charge >= 0.3 is 0 Å². The van der Waals surface area contributed by atoms with Crippen molar-refractivity contribution in [2.45, 2.75) is 47.5 Å². The van der Waals surface area contributed by atoms with Gasteiger partial charge in [-0.05, 0) is 32.9 Å². The molecule has 0 fully saturated rings.